The van der Waals surface area contributed by atoms with Gasteiger partial charge in [0.1, 0.15) is 12.2 Å². The predicted octanol–water partition coefficient (Wildman–Crippen LogP) is 1.54. The Balaban J connectivity index is 1.86. The molecule has 0 aromatic heterocycles. The number of fused-ring (bicyclic) bond motifs is 2. The second kappa shape index (κ2) is 5.21. The van der Waals surface area contributed by atoms with Crippen LogP contribution in [0.25, 0.3) is 0 Å². The van der Waals surface area contributed by atoms with Gasteiger partial charge in [0.05, 0.1) is 6.10 Å². The van der Waals surface area contributed by atoms with Gasteiger partial charge in [0.25, 0.3) is 0 Å². The summed E-state index contributed by atoms with van der Waals surface area (Å²) in [6.07, 6.45) is 4.48. The van der Waals surface area contributed by atoms with E-state index < -0.39 is 40.8 Å². The normalized spacial score (nSPS) is 55.1. The molecule has 0 aromatic rings. The molecular weight excluding hydrogens is 412 g/mol. The molecular formula is C21H25BrO5. The number of ketones is 2. The molecule has 5 rings (SSSR count). The third kappa shape index (κ3) is 1.82. The molecule has 5 aliphatic rings. The highest BCUT2D eigenvalue weighted by molar-refractivity contribution is 9.09. The van der Waals surface area contributed by atoms with Crippen molar-refractivity contribution in [2.24, 2.45) is 34.5 Å². The lowest BCUT2D eigenvalue weighted by atomic mass is 9.46. The van der Waals surface area contributed by atoms with Gasteiger partial charge in [-0.05, 0) is 37.2 Å². The number of alkyl halides is 1. The maximum absolute atomic E-state index is 13.0. The van der Waals surface area contributed by atoms with Crippen LogP contribution in [0.3, 0.4) is 0 Å². The van der Waals surface area contributed by atoms with Gasteiger partial charge in [-0.15, -0.1) is 0 Å². The van der Waals surface area contributed by atoms with Crippen molar-refractivity contribution < 1.29 is 24.9 Å². The standard InChI is InChI=1S/C21H25BrO5/c1-19-6-10-11-5-12-17(13(22)3-9(19)4-14(10)24)18(19)15(25)7-20(12,2)21(11,27)16(26)8-23/h4,6,11-13,15,17-18,23,25,27H,3,5,7-8H2,1-2H3/t11?,12-,13?,15?,17+,18-,19-,20-,21-/m0/s1. The molecule has 3 N–H and O–H groups in total. The van der Waals surface area contributed by atoms with Crippen molar-refractivity contribution in [2.45, 2.75) is 49.6 Å². The summed E-state index contributed by atoms with van der Waals surface area (Å²) < 4.78 is 0. The van der Waals surface area contributed by atoms with Crippen LogP contribution in [-0.4, -0.2) is 50.0 Å². The van der Waals surface area contributed by atoms with Gasteiger partial charge in [0.2, 0.25) is 0 Å². The largest absolute Gasteiger partial charge is 0.393 e. The summed E-state index contributed by atoms with van der Waals surface area (Å²) >= 11 is 3.82. The molecule has 9 atom stereocenters. The summed E-state index contributed by atoms with van der Waals surface area (Å²) in [5.41, 5.74) is -1.64. The minimum atomic E-state index is -1.84. The van der Waals surface area contributed by atoms with Crippen molar-refractivity contribution in [1.29, 1.82) is 0 Å². The Morgan fingerprint density at radius 3 is 2.74 bits per heavy atom. The maximum Gasteiger partial charge on any atom is 0.190 e. The number of halogens is 1. The number of carbonyl (C=O) groups excluding carboxylic acids is 2. The third-order valence-electron chi connectivity index (χ3n) is 8.82. The van der Waals surface area contributed by atoms with Gasteiger partial charge in [-0.25, -0.2) is 0 Å². The summed E-state index contributed by atoms with van der Waals surface area (Å²) in [4.78, 5) is 26.0. The Morgan fingerprint density at radius 1 is 1.37 bits per heavy atom. The van der Waals surface area contributed by atoms with Crippen LogP contribution in [0.5, 0.6) is 0 Å². The Kier molecular flexibility index (Phi) is 3.51. The van der Waals surface area contributed by atoms with E-state index in [4.69, 9.17) is 0 Å². The topological polar surface area (TPSA) is 94.8 Å². The summed E-state index contributed by atoms with van der Waals surface area (Å²) in [5.74, 6) is -1.39. The highest BCUT2D eigenvalue weighted by atomic mass is 79.9. The molecule has 6 bridgehead atoms. The van der Waals surface area contributed by atoms with Crippen molar-refractivity contribution in [1.82, 2.24) is 0 Å². The van der Waals surface area contributed by atoms with Gasteiger partial charge in [0, 0.05) is 33.1 Å². The molecule has 3 saturated carbocycles. The average molecular weight is 437 g/mol. The molecule has 0 amide bonds. The van der Waals surface area contributed by atoms with E-state index in [9.17, 15) is 24.9 Å². The van der Waals surface area contributed by atoms with Gasteiger partial charge >= 0.3 is 0 Å². The van der Waals surface area contributed by atoms with E-state index in [-0.39, 0.29) is 28.4 Å². The van der Waals surface area contributed by atoms with Gasteiger partial charge < -0.3 is 15.3 Å². The van der Waals surface area contributed by atoms with Crippen LogP contribution in [0.4, 0.5) is 0 Å². The Morgan fingerprint density at radius 2 is 2.07 bits per heavy atom. The highest BCUT2D eigenvalue weighted by Crippen LogP contribution is 2.72. The van der Waals surface area contributed by atoms with Crippen molar-refractivity contribution in [3.8, 4) is 0 Å². The summed E-state index contributed by atoms with van der Waals surface area (Å²) in [5, 5.41) is 32.7. The summed E-state index contributed by atoms with van der Waals surface area (Å²) in [7, 11) is 0. The highest BCUT2D eigenvalue weighted by Gasteiger charge is 2.74. The number of aliphatic hydroxyl groups excluding tert-OH is 2. The van der Waals surface area contributed by atoms with Crippen LogP contribution in [0, 0.1) is 34.5 Å². The molecule has 0 aromatic carbocycles. The minimum Gasteiger partial charge on any atom is -0.393 e. The number of Topliss-reactive ketones (excluding diaryl/α,β-unsaturated/α-hetero) is 1. The molecule has 3 unspecified atom stereocenters. The van der Waals surface area contributed by atoms with E-state index in [0.717, 1.165) is 12.0 Å². The van der Waals surface area contributed by atoms with Crippen molar-refractivity contribution in [3.63, 3.8) is 0 Å². The lowest BCUT2D eigenvalue weighted by Crippen LogP contribution is -2.63. The minimum absolute atomic E-state index is 0.00347. The molecule has 6 heteroatoms. The smallest absolute Gasteiger partial charge is 0.190 e. The average Bonchev–Trinajstić information content (AvgIpc) is 2.84. The number of rotatable bonds is 2. The van der Waals surface area contributed by atoms with Crippen molar-refractivity contribution in [3.05, 3.63) is 23.3 Å². The van der Waals surface area contributed by atoms with E-state index in [1.54, 1.807) is 6.08 Å². The zero-order valence-corrected chi connectivity index (χ0v) is 17.1. The van der Waals surface area contributed by atoms with E-state index in [1.807, 2.05) is 13.0 Å². The monoisotopic (exact) mass is 436 g/mol. The fraction of sp³-hybridized carbons (Fsp3) is 0.714. The van der Waals surface area contributed by atoms with Gasteiger partial charge in [-0.2, -0.15) is 0 Å². The molecule has 0 heterocycles. The first-order chi connectivity index (χ1) is 12.6. The zero-order valence-electron chi connectivity index (χ0n) is 15.5. The first kappa shape index (κ1) is 18.2. The fourth-order valence-electron chi connectivity index (χ4n) is 7.68. The number of hydrogen-bond acceptors (Lipinski definition) is 5. The van der Waals surface area contributed by atoms with E-state index in [0.29, 0.717) is 18.4 Å². The van der Waals surface area contributed by atoms with E-state index in [2.05, 4.69) is 22.9 Å². The summed E-state index contributed by atoms with van der Waals surface area (Å²) in [6.45, 7) is 3.19. The molecule has 3 fully saturated rings. The SMILES string of the molecule is C[C@]12C=C3C(=O)C=C1CC(Br)[C@@H]1[C@@H]2C(O)C[C@@]2(C)[C@H]1CC3[C@]2(O)C(=O)CO. The van der Waals surface area contributed by atoms with Crippen molar-refractivity contribution >= 4 is 27.5 Å². The summed E-state index contributed by atoms with van der Waals surface area (Å²) in [6, 6.07) is 0. The second-order valence-corrected chi connectivity index (χ2v) is 10.8. The lowest BCUT2D eigenvalue weighted by molar-refractivity contribution is -0.180. The first-order valence-corrected chi connectivity index (χ1v) is 10.7. The number of aliphatic hydroxyl groups is 3. The molecule has 146 valence electrons. The second-order valence-electron chi connectivity index (χ2n) is 9.67. The molecule has 27 heavy (non-hydrogen) atoms. The number of allylic oxidation sites excluding steroid dienone is 3. The van der Waals surface area contributed by atoms with Crippen LogP contribution >= 0.6 is 15.9 Å². The maximum atomic E-state index is 13.0. The lowest BCUT2D eigenvalue weighted by Gasteiger charge is -2.60. The van der Waals surface area contributed by atoms with Crippen LogP contribution in [0.15, 0.2) is 23.3 Å². The molecule has 0 saturated heterocycles. The molecule has 0 radical (unpaired) electrons. The third-order valence-corrected chi connectivity index (χ3v) is 9.75. The van der Waals surface area contributed by atoms with Gasteiger partial charge in [-0.3, -0.25) is 9.59 Å². The fourth-order valence-corrected chi connectivity index (χ4v) is 8.72. The van der Waals surface area contributed by atoms with E-state index in [1.165, 1.54) is 0 Å². The van der Waals surface area contributed by atoms with E-state index >= 15 is 0 Å². The Hall–Kier alpha value is -0.820. The number of carbonyl (C=O) groups is 2. The Labute approximate surface area is 166 Å². The van der Waals surface area contributed by atoms with Crippen LogP contribution in [-0.2, 0) is 9.59 Å². The quantitative estimate of drug-likeness (QED) is 0.570. The van der Waals surface area contributed by atoms with Crippen LogP contribution in [0.1, 0.15) is 33.1 Å². The van der Waals surface area contributed by atoms with Gasteiger partial charge in [0.15, 0.2) is 11.6 Å². The first-order valence-electron chi connectivity index (χ1n) is 9.76. The van der Waals surface area contributed by atoms with Crippen molar-refractivity contribution in [2.75, 3.05) is 6.61 Å². The molecule has 5 aliphatic carbocycles. The molecule has 0 spiro atoms. The number of hydrogen-bond donors (Lipinski definition) is 3. The Bertz CT molecular complexity index is 832. The zero-order chi connectivity index (χ0) is 19.5. The molecule has 0 aliphatic heterocycles. The predicted molar refractivity (Wildman–Crippen MR) is 101 cm³/mol. The van der Waals surface area contributed by atoms with Crippen LogP contribution < -0.4 is 0 Å². The van der Waals surface area contributed by atoms with Gasteiger partial charge in [-0.1, -0.05) is 41.4 Å². The van der Waals surface area contributed by atoms with Crippen LogP contribution in [0.2, 0.25) is 0 Å². The molecule has 5 nitrogen and oxygen atoms in total.